The number of Topliss-reactive ketones (excluding diaryl/α,β-unsaturated/α-hetero) is 1. The molecule has 0 bridgehead atoms. The molecule has 6 nitrogen and oxygen atoms in total. The molecule has 1 saturated carbocycles. The van der Waals surface area contributed by atoms with E-state index in [4.69, 9.17) is 9.47 Å². The molecule has 1 aromatic carbocycles. The number of hydrogen-bond donors (Lipinski definition) is 0. The van der Waals surface area contributed by atoms with Crippen molar-refractivity contribution in [1.29, 1.82) is 0 Å². The predicted octanol–water partition coefficient (Wildman–Crippen LogP) is 3.24. The summed E-state index contributed by atoms with van der Waals surface area (Å²) in [4.78, 5) is 40.9. The Morgan fingerprint density at radius 2 is 1.65 bits per heavy atom. The Bertz CT molecular complexity index is 846. The summed E-state index contributed by atoms with van der Waals surface area (Å²) in [5.41, 5.74) is -0.921. The summed E-state index contributed by atoms with van der Waals surface area (Å²) in [6.45, 7) is 6.45. The molecule has 1 aliphatic carbocycles. The van der Waals surface area contributed by atoms with Crippen molar-refractivity contribution in [2.75, 3.05) is 19.6 Å². The van der Waals surface area contributed by atoms with Crippen LogP contribution in [0.25, 0.3) is 0 Å². The number of esters is 2. The molecule has 166 valence electrons. The molecule has 1 heterocycles. The number of hydrogen-bond acceptors (Lipinski definition) is 6. The smallest absolute Gasteiger partial charge is 0.418 e. The highest BCUT2D eigenvalue weighted by molar-refractivity contribution is 6.31. The first kappa shape index (κ1) is 23.0. The zero-order valence-corrected chi connectivity index (χ0v) is 18.4. The van der Waals surface area contributed by atoms with Crippen LogP contribution >= 0.6 is 0 Å². The van der Waals surface area contributed by atoms with Crippen LogP contribution in [0.4, 0.5) is 0 Å². The number of carbonyl (C=O) groups excluding carboxylic acids is 3. The molecule has 3 rings (SSSR count). The minimum atomic E-state index is -1.52. The highest BCUT2D eigenvalue weighted by Crippen LogP contribution is 2.45. The molecule has 2 unspecified atom stereocenters. The number of nitrogens with zero attached hydrogens (tertiary/aromatic N) is 1. The molecule has 2 fully saturated rings. The van der Waals surface area contributed by atoms with E-state index in [1.54, 1.807) is 12.1 Å². The van der Waals surface area contributed by atoms with Crippen molar-refractivity contribution >= 4 is 17.7 Å². The van der Waals surface area contributed by atoms with Gasteiger partial charge in [0.15, 0.2) is 6.10 Å². The molecule has 1 aromatic rings. The number of rotatable bonds is 6. The highest BCUT2D eigenvalue weighted by Gasteiger charge is 2.56. The van der Waals surface area contributed by atoms with Gasteiger partial charge in [-0.15, -0.1) is 0 Å². The van der Waals surface area contributed by atoms with Crippen molar-refractivity contribution in [2.24, 2.45) is 5.92 Å². The normalized spacial score (nSPS) is 24.7. The molecule has 2 aliphatic rings. The summed E-state index contributed by atoms with van der Waals surface area (Å²) in [7, 11) is 0. The average Bonchev–Trinajstić information content (AvgIpc) is 2.91. The van der Waals surface area contributed by atoms with Gasteiger partial charge in [-0.2, -0.15) is 0 Å². The quantitative estimate of drug-likeness (QED) is 0.396. The van der Waals surface area contributed by atoms with Gasteiger partial charge in [0.25, 0.3) is 0 Å². The van der Waals surface area contributed by atoms with Crippen LogP contribution in [0, 0.1) is 17.8 Å². The SMILES string of the molecule is CCN(CC)CC#CCC1OC(=O)C(=O)OC(c2ccccc2)(C2CCCCC2)C1=O. The molecular weight excluding hydrogens is 394 g/mol. The van der Waals surface area contributed by atoms with E-state index in [1.165, 1.54) is 0 Å². The first-order chi connectivity index (χ1) is 15.0. The third-order valence-electron chi connectivity index (χ3n) is 6.32. The first-order valence-electron chi connectivity index (χ1n) is 11.2. The van der Waals surface area contributed by atoms with Crippen LogP contribution < -0.4 is 0 Å². The van der Waals surface area contributed by atoms with Gasteiger partial charge in [-0.05, 0) is 25.9 Å². The molecule has 1 saturated heterocycles. The second-order valence-corrected chi connectivity index (χ2v) is 8.10. The standard InChI is InChI=1S/C25H31NO5/c1-3-26(4-2)18-12-11-17-21-22(27)25(19-13-7-5-8-14-19,20-15-9-6-10-16-20)31-24(29)23(28)30-21/h5,7-8,13-14,20-21H,3-4,6,9-10,15-18H2,1-2H3. The van der Waals surface area contributed by atoms with E-state index in [0.717, 1.165) is 45.2 Å². The lowest BCUT2D eigenvalue weighted by atomic mass is 9.69. The predicted molar refractivity (Wildman–Crippen MR) is 116 cm³/mol. The summed E-state index contributed by atoms with van der Waals surface area (Å²) in [6, 6.07) is 9.05. The Hall–Kier alpha value is -2.65. The maximum absolute atomic E-state index is 13.9. The summed E-state index contributed by atoms with van der Waals surface area (Å²) >= 11 is 0. The van der Waals surface area contributed by atoms with Crippen LogP contribution in [0.15, 0.2) is 30.3 Å². The molecule has 1 aliphatic heterocycles. The monoisotopic (exact) mass is 425 g/mol. The lowest BCUT2D eigenvalue weighted by molar-refractivity contribution is -0.179. The number of cyclic esters (lactones) is 2. The van der Waals surface area contributed by atoms with Crippen molar-refractivity contribution in [2.45, 2.75) is 64.1 Å². The van der Waals surface area contributed by atoms with Gasteiger partial charge in [0.1, 0.15) is 0 Å². The van der Waals surface area contributed by atoms with Crippen LogP contribution in [-0.4, -0.2) is 48.4 Å². The number of ketones is 1. The van der Waals surface area contributed by atoms with E-state index >= 15 is 0 Å². The van der Waals surface area contributed by atoms with Crippen molar-refractivity contribution < 1.29 is 23.9 Å². The van der Waals surface area contributed by atoms with Crippen molar-refractivity contribution in [3.05, 3.63) is 35.9 Å². The lowest BCUT2D eigenvalue weighted by Crippen LogP contribution is -2.50. The summed E-state index contributed by atoms with van der Waals surface area (Å²) in [5, 5.41) is 0. The summed E-state index contributed by atoms with van der Waals surface area (Å²) in [6.07, 6.45) is 3.40. The molecule has 31 heavy (non-hydrogen) atoms. The van der Waals surface area contributed by atoms with Gasteiger partial charge in [-0.3, -0.25) is 9.69 Å². The Morgan fingerprint density at radius 1 is 0.968 bits per heavy atom. The Morgan fingerprint density at radius 3 is 2.29 bits per heavy atom. The van der Waals surface area contributed by atoms with E-state index in [2.05, 4.69) is 30.6 Å². The fourth-order valence-corrected chi connectivity index (χ4v) is 4.54. The van der Waals surface area contributed by atoms with Gasteiger partial charge in [0.2, 0.25) is 11.4 Å². The van der Waals surface area contributed by atoms with Gasteiger partial charge in [-0.25, -0.2) is 9.59 Å². The lowest BCUT2D eigenvalue weighted by Gasteiger charge is -2.40. The van der Waals surface area contributed by atoms with Crippen molar-refractivity contribution in [1.82, 2.24) is 4.90 Å². The van der Waals surface area contributed by atoms with E-state index in [-0.39, 0.29) is 18.1 Å². The third-order valence-corrected chi connectivity index (χ3v) is 6.32. The van der Waals surface area contributed by atoms with Gasteiger partial charge >= 0.3 is 11.9 Å². The zero-order valence-electron chi connectivity index (χ0n) is 18.4. The second kappa shape index (κ2) is 10.6. The van der Waals surface area contributed by atoms with Crippen LogP contribution in [-0.2, 0) is 29.5 Å². The summed E-state index contributed by atoms with van der Waals surface area (Å²) in [5.74, 6) is 3.22. The minimum Gasteiger partial charge on any atom is -0.445 e. The van der Waals surface area contributed by atoms with Gasteiger partial charge < -0.3 is 9.47 Å². The van der Waals surface area contributed by atoms with E-state index in [9.17, 15) is 14.4 Å². The number of carbonyl (C=O) groups is 3. The molecule has 6 heteroatoms. The molecule has 0 amide bonds. The molecule has 0 aromatic heterocycles. The Kier molecular flexibility index (Phi) is 7.86. The van der Waals surface area contributed by atoms with Crippen LogP contribution in [0.2, 0.25) is 0 Å². The van der Waals surface area contributed by atoms with Gasteiger partial charge in [0, 0.05) is 11.5 Å². The zero-order chi connectivity index (χ0) is 22.3. The summed E-state index contributed by atoms with van der Waals surface area (Å²) < 4.78 is 11.0. The van der Waals surface area contributed by atoms with Crippen LogP contribution in [0.1, 0.15) is 57.9 Å². The number of ether oxygens (including phenoxy) is 2. The molecular formula is C25H31NO5. The molecule has 0 N–H and O–H groups in total. The minimum absolute atomic E-state index is 0.0454. The number of benzene rings is 1. The maximum Gasteiger partial charge on any atom is 0.418 e. The maximum atomic E-state index is 13.9. The van der Waals surface area contributed by atoms with E-state index in [1.807, 2.05) is 18.2 Å². The van der Waals surface area contributed by atoms with Crippen LogP contribution in [0.5, 0.6) is 0 Å². The second-order valence-electron chi connectivity index (χ2n) is 8.10. The van der Waals surface area contributed by atoms with Gasteiger partial charge in [0.05, 0.1) is 13.0 Å². The Labute approximate surface area is 184 Å². The molecule has 0 radical (unpaired) electrons. The topological polar surface area (TPSA) is 72.9 Å². The van der Waals surface area contributed by atoms with Crippen LogP contribution in [0.3, 0.4) is 0 Å². The highest BCUT2D eigenvalue weighted by atomic mass is 16.6. The first-order valence-corrected chi connectivity index (χ1v) is 11.2. The molecule has 2 atom stereocenters. The van der Waals surface area contributed by atoms with Crippen molar-refractivity contribution in [3.8, 4) is 11.8 Å². The Balaban J connectivity index is 1.96. The average molecular weight is 426 g/mol. The fraction of sp³-hybridized carbons (Fsp3) is 0.560. The third kappa shape index (κ3) is 4.99. The molecule has 0 spiro atoms. The van der Waals surface area contributed by atoms with E-state index < -0.39 is 23.6 Å². The fourth-order valence-electron chi connectivity index (χ4n) is 4.54. The largest absolute Gasteiger partial charge is 0.445 e. The van der Waals surface area contributed by atoms with E-state index in [0.29, 0.717) is 12.1 Å². The van der Waals surface area contributed by atoms with Crippen molar-refractivity contribution in [3.63, 3.8) is 0 Å². The van der Waals surface area contributed by atoms with Gasteiger partial charge in [-0.1, -0.05) is 75.3 Å².